The molecule has 0 spiro atoms. The topological polar surface area (TPSA) is 50.1 Å². The first-order valence-electron chi connectivity index (χ1n) is 5.12. The molecule has 0 aliphatic carbocycles. The molecule has 0 bridgehead atoms. The molecule has 0 aromatic heterocycles. The van der Waals surface area contributed by atoms with Crippen molar-refractivity contribution in [2.24, 2.45) is 0 Å². The van der Waals surface area contributed by atoms with E-state index in [0.29, 0.717) is 0 Å². The molecule has 1 aromatic carbocycles. The molecule has 0 saturated carbocycles. The van der Waals surface area contributed by atoms with Crippen molar-refractivity contribution >= 4 is 28.0 Å². The summed E-state index contributed by atoms with van der Waals surface area (Å²) in [6, 6.07) is 9.19. The Labute approximate surface area is 109 Å². The Morgan fingerprint density at radius 1 is 1.47 bits per heavy atom. The van der Waals surface area contributed by atoms with Crippen LogP contribution in [0.1, 0.15) is 19.4 Å². The van der Waals surface area contributed by atoms with Crippen LogP contribution in [-0.2, 0) is 9.53 Å². The number of benzene rings is 1. The van der Waals surface area contributed by atoms with Gasteiger partial charge in [-0.05, 0) is 31.6 Å². The third-order valence-corrected chi connectivity index (χ3v) is 2.61. The molecule has 0 saturated heterocycles. The van der Waals surface area contributed by atoms with Crippen LogP contribution in [0.25, 0.3) is 6.08 Å². The highest BCUT2D eigenvalue weighted by Gasteiger charge is 2.12. The van der Waals surface area contributed by atoms with Crippen LogP contribution in [0.3, 0.4) is 0 Å². The first-order chi connectivity index (χ1) is 8.04. The van der Waals surface area contributed by atoms with Crippen LogP contribution in [0.2, 0.25) is 0 Å². The molecule has 0 N–H and O–H groups in total. The second-order valence-electron chi connectivity index (χ2n) is 3.65. The number of hydrogen-bond acceptors (Lipinski definition) is 3. The van der Waals surface area contributed by atoms with Crippen molar-refractivity contribution in [2.75, 3.05) is 0 Å². The minimum atomic E-state index is -0.599. The van der Waals surface area contributed by atoms with Crippen molar-refractivity contribution < 1.29 is 9.53 Å². The van der Waals surface area contributed by atoms with E-state index in [-0.39, 0.29) is 11.7 Å². The van der Waals surface area contributed by atoms with E-state index in [1.807, 2.05) is 30.3 Å². The maximum atomic E-state index is 11.6. The molecule has 0 atom stereocenters. The Morgan fingerprint density at radius 3 is 2.65 bits per heavy atom. The van der Waals surface area contributed by atoms with Crippen LogP contribution in [0, 0.1) is 11.3 Å². The van der Waals surface area contributed by atoms with Gasteiger partial charge in [0, 0.05) is 4.47 Å². The second-order valence-corrected chi connectivity index (χ2v) is 4.50. The van der Waals surface area contributed by atoms with Gasteiger partial charge in [0.2, 0.25) is 0 Å². The van der Waals surface area contributed by atoms with E-state index in [2.05, 4.69) is 15.9 Å². The molecule has 17 heavy (non-hydrogen) atoms. The summed E-state index contributed by atoms with van der Waals surface area (Å²) >= 11 is 3.35. The lowest BCUT2D eigenvalue weighted by Gasteiger charge is -2.06. The third kappa shape index (κ3) is 4.04. The van der Waals surface area contributed by atoms with Gasteiger partial charge in [-0.15, -0.1) is 0 Å². The van der Waals surface area contributed by atoms with E-state index in [1.165, 1.54) is 6.08 Å². The Morgan fingerprint density at radius 2 is 2.12 bits per heavy atom. The maximum Gasteiger partial charge on any atom is 0.349 e. The van der Waals surface area contributed by atoms with Gasteiger partial charge in [0.05, 0.1) is 6.10 Å². The number of carbonyl (C=O) groups is 1. The van der Waals surface area contributed by atoms with Crippen molar-refractivity contribution in [3.63, 3.8) is 0 Å². The minimum absolute atomic E-state index is 0.00870. The normalized spacial score (nSPS) is 11.1. The molecule has 1 rings (SSSR count). The fraction of sp³-hybridized carbons (Fsp3) is 0.231. The molecular weight excluding hydrogens is 282 g/mol. The molecule has 88 valence electrons. The molecule has 4 heteroatoms. The predicted octanol–water partition coefficient (Wildman–Crippen LogP) is 3.31. The first kappa shape index (κ1) is 13.5. The molecule has 0 heterocycles. The van der Waals surface area contributed by atoms with Gasteiger partial charge in [-0.3, -0.25) is 0 Å². The van der Waals surface area contributed by atoms with Crippen LogP contribution < -0.4 is 0 Å². The zero-order chi connectivity index (χ0) is 12.8. The van der Waals surface area contributed by atoms with Gasteiger partial charge in [0.1, 0.15) is 11.6 Å². The van der Waals surface area contributed by atoms with Crippen LogP contribution in [0.15, 0.2) is 34.3 Å². The quantitative estimate of drug-likeness (QED) is 0.488. The van der Waals surface area contributed by atoms with Gasteiger partial charge < -0.3 is 4.74 Å². The smallest absolute Gasteiger partial charge is 0.349 e. The number of halogens is 1. The zero-order valence-corrected chi connectivity index (χ0v) is 11.2. The highest BCUT2D eigenvalue weighted by atomic mass is 79.9. The van der Waals surface area contributed by atoms with Gasteiger partial charge in [-0.25, -0.2) is 4.79 Å². The third-order valence-electron chi connectivity index (χ3n) is 1.89. The average Bonchev–Trinajstić information content (AvgIpc) is 2.27. The SMILES string of the molecule is CC(C)OC(=O)/C(C#N)=C/c1ccccc1Br. The zero-order valence-electron chi connectivity index (χ0n) is 9.61. The van der Waals surface area contributed by atoms with Gasteiger partial charge >= 0.3 is 5.97 Å². The number of nitrogens with zero attached hydrogens (tertiary/aromatic N) is 1. The molecule has 0 unspecified atom stereocenters. The molecule has 0 amide bonds. The Balaban J connectivity index is 3.00. The largest absolute Gasteiger partial charge is 0.459 e. The van der Waals surface area contributed by atoms with E-state index in [9.17, 15) is 4.79 Å². The van der Waals surface area contributed by atoms with Crippen molar-refractivity contribution in [2.45, 2.75) is 20.0 Å². The Hall–Kier alpha value is -1.60. The number of carbonyl (C=O) groups excluding carboxylic acids is 1. The summed E-state index contributed by atoms with van der Waals surface area (Å²) < 4.78 is 5.79. The van der Waals surface area contributed by atoms with Crippen molar-refractivity contribution in [1.82, 2.24) is 0 Å². The fourth-order valence-corrected chi connectivity index (χ4v) is 1.56. The highest BCUT2D eigenvalue weighted by Crippen LogP contribution is 2.19. The monoisotopic (exact) mass is 293 g/mol. The minimum Gasteiger partial charge on any atom is -0.459 e. The predicted molar refractivity (Wildman–Crippen MR) is 69.0 cm³/mol. The summed E-state index contributed by atoms with van der Waals surface area (Å²) in [6.07, 6.45) is 1.27. The Kier molecular flexibility index (Phi) is 4.92. The Bertz CT molecular complexity index is 486. The van der Waals surface area contributed by atoms with Crippen molar-refractivity contribution in [3.8, 4) is 6.07 Å². The molecule has 0 radical (unpaired) electrons. The lowest BCUT2D eigenvalue weighted by Crippen LogP contribution is -2.12. The standard InChI is InChI=1S/C13H12BrNO2/c1-9(2)17-13(16)11(8-15)7-10-5-3-4-6-12(10)14/h3-7,9H,1-2H3/b11-7+. The van der Waals surface area contributed by atoms with E-state index in [0.717, 1.165) is 10.0 Å². The lowest BCUT2D eigenvalue weighted by atomic mass is 10.1. The van der Waals surface area contributed by atoms with E-state index in [1.54, 1.807) is 13.8 Å². The summed E-state index contributed by atoms with van der Waals surface area (Å²) in [7, 11) is 0. The van der Waals surface area contributed by atoms with E-state index in [4.69, 9.17) is 10.00 Å². The highest BCUT2D eigenvalue weighted by molar-refractivity contribution is 9.10. The number of ether oxygens (including phenoxy) is 1. The van der Waals surface area contributed by atoms with Crippen LogP contribution in [-0.4, -0.2) is 12.1 Å². The van der Waals surface area contributed by atoms with E-state index < -0.39 is 5.97 Å². The van der Waals surface area contributed by atoms with Gasteiger partial charge in [-0.2, -0.15) is 5.26 Å². The molecular formula is C13H12BrNO2. The van der Waals surface area contributed by atoms with Crippen molar-refractivity contribution in [3.05, 3.63) is 39.9 Å². The molecule has 0 aliphatic heterocycles. The van der Waals surface area contributed by atoms with Gasteiger partial charge in [0.15, 0.2) is 0 Å². The average molecular weight is 294 g/mol. The number of esters is 1. The summed E-state index contributed by atoms with van der Waals surface area (Å²) in [4.78, 5) is 11.6. The van der Waals surface area contributed by atoms with Gasteiger partial charge in [-0.1, -0.05) is 34.1 Å². The number of rotatable bonds is 3. The maximum absolute atomic E-state index is 11.6. The number of hydrogen-bond donors (Lipinski definition) is 0. The molecule has 3 nitrogen and oxygen atoms in total. The van der Waals surface area contributed by atoms with Crippen molar-refractivity contribution in [1.29, 1.82) is 5.26 Å². The summed E-state index contributed by atoms with van der Waals surface area (Å²) in [6.45, 7) is 3.48. The van der Waals surface area contributed by atoms with Crippen LogP contribution >= 0.6 is 15.9 Å². The molecule has 0 fully saturated rings. The lowest BCUT2D eigenvalue weighted by molar-refractivity contribution is -0.142. The first-order valence-corrected chi connectivity index (χ1v) is 5.91. The summed E-state index contributed by atoms with van der Waals surface area (Å²) in [5.74, 6) is -0.599. The number of nitriles is 1. The second kappa shape index (κ2) is 6.21. The summed E-state index contributed by atoms with van der Waals surface area (Å²) in [5.41, 5.74) is 0.760. The van der Waals surface area contributed by atoms with Crippen LogP contribution in [0.4, 0.5) is 0 Å². The van der Waals surface area contributed by atoms with Crippen LogP contribution in [0.5, 0.6) is 0 Å². The fourth-order valence-electron chi connectivity index (χ4n) is 1.16. The van der Waals surface area contributed by atoms with E-state index >= 15 is 0 Å². The van der Waals surface area contributed by atoms with Gasteiger partial charge in [0.25, 0.3) is 0 Å². The summed E-state index contributed by atoms with van der Waals surface area (Å²) in [5, 5.41) is 8.93. The molecule has 1 aromatic rings. The molecule has 0 aliphatic rings.